The first-order valence-corrected chi connectivity index (χ1v) is 39.3. The Morgan fingerprint density at radius 3 is 0.958 bits per heavy atom. The van der Waals surface area contributed by atoms with Crippen molar-refractivity contribution in [1.29, 1.82) is 0 Å². The zero-order chi connectivity index (χ0) is 88.0. The number of esters is 2. The molecule has 3 aliphatic rings. The van der Waals surface area contributed by atoms with E-state index >= 15 is 13.2 Å². The third-order valence-corrected chi connectivity index (χ3v) is 21.1. The number of aromatic nitrogens is 7. The van der Waals surface area contributed by atoms with Crippen molar-refractivity contribution in [2.75, 3.05) is 28.9 Å². The lowest BCUT2D eigenvalue weighted by atomic mass is 9.82. The number of benzene rings is 3. The molecule has 35 heteroatoms. The predicted molar refractivity (Wildman–Crippen MR) is 417 cm³/mol. The molecule has 0 radical (unpaired) electrons. The van der Waals surface area contributed by atoms with Crippen LogP contribution in [0.3, 0.4) is 0 Å². The highest BCUT2D eigenvalue weighted by atomic mass is 35.5. The van der Waals surface area contributed by atoms with Gasteiger partial charge < -0.3 is 43.5 Å². The molecule has 3 aromatic carbocycles. The molecule has 5 heterocycles. The Bertz CT molecular complexity index is 4950. The van der Waals surface area contributed by atoms with Crippen LogP contribution >= 0.6 is 11.6 Å². The van der Waals surface area contributed by atoms with Gasteiger partial charge in [-0.3, -0.25) is 34.3 Å². The lowest BCUT2D eigenvalue weighted by Crippen LogP contribution is -2.43. The van der Waals surface area contributed by atoms with Gasteiger partial charge in [0.1, 0.15) is 16.7 Å². The fraction of sp³-hybridized carbons (Fsp3) is 0.447. The summed E-state index contributed by atoms with van der Waals surface area (Å²) in [7, 11) is 2.22. The average Bonchev–Trinajstić information content (AvgIpc) is 0.783. The third-order valence-electron chi connectivity index (χ3n) is 20.7. The van der Waals surface area contributed by atoms with Crippen LogP contribution in [0.25, 0.3) is 0 Å². The number of aromatic carboxylic acids is 1. The van der Waals surface area contributed by atoms with E-state index in [0.717, 1.165) is 126 Å². The maximum atomic E-state index is 15.5. The minimum atomic E-state index is -4.91. The number of methoxy groups -OCH3 is 2. The Morgan fingerprint density at radius 1 is 0.417 bits per heavy atom. The molecule has 5 aromatic heterocycles. The second kappa shape index (κ2) is 40.3. The van der Waals surface area contributed by atoms with Crippen molar-refractivity contribution < 1.29 is 110 Å². The van der Waals surface area contributed by atoms with Gasteiger partial charge in [-0.05, 0) is 171 Å². The SMILES string of the molecule is CC1CCC(C(=O)N(c2cc(F)c(Oc3ncc(Cc4cnccn4)cc3C(F)(F)F)cc2C(=O)O)C(C)C)CC1.COC(=O)c1cc(Oc2ncc(CCl)cc2C(F)(F)F)c(F)cc1N(C(=O)C1CCC(C)CC1)C(C)C.COC(=O)c1cc(Oc2ncc(Cc3cnccn3)cc2C(F)(F)F)c(F)cc1N(C(=O)C1CCC(C)CC1)C(C)C. The first-order chi connectivity index (χ1) is 56.6. The molecule has 1 N–H and O–H groups in total. The number of carboxylic acids is 1. The highest BCUT2D eigenvalue weighted by Crippen LogP contribution is 2.46. The highest BCUT2D eigenvalue weighted by Gasteiger charge is 2.42. The van der Waals surface area contributed by atoms with Gasteiger partial charge in [-0.15, -0.1) is 11.6 Å². The Labute approximate surface area is 689 Å². The molecule has 22 nitrogen and oxygen atoms in total. The fourth-order valence-corrected chi connectivity index (χ4v) is 14.6. The molecule has 3 amide bonds. The molecule has 644 valence electrons. The molecular formula is C85H91ClF12N10O12. The topological polar surface area (TPSA) is 269 Å². The number of anilines is 3. The number of hydrogen-bond acceptors (Lipinski definition) is 18. The molecule has 0 atom stereocenters. The van der Waals surface area contributed by atoms with E-state index in [-0.39, 0.29) is 99.1 Å². The lowest BCUT2D eigenvalue weighted by Gasteiger charge is -2.34. The summed E-state index contributed by atoms with van der Waals surface area (Å²) in [5.74, 6) is -12.0. The molecular weight excluding hydrogens is 1620 g/mol. The van der Waals surface area contributed by atoms with Gasteiger partial charge in [-0.2, -0.15) is 39.5 Å². The van der Waals surface area contributed by atoms with Crippen molar-refractivity contribution in [3.8, 4) is 34.9 Å². The van der Waals surface area contributed by atoms with Crippen molar-refractivity contribution in [2.45, 2.75) is 195 Å². The summed E-state index contributed by atoms with van der Waals surface area (Å²) in [6.07, 6.45) is 6.41. The van der Waals surface area contributed by atoms with Crippen LogP contribution in [-0.2, 0) is 61.1 Å². The fourth-order valence-electron chi connectivity index (χ4n) is 14.4. The number of rotatable bonds is 23. The number of alkyl halides is 10. The number of pyridine rings is 3. The Morgan fingerprint density at radius 2 is 0.700 bits per heavy atom. The summed E-state index contributed by atoms with van der Waals surface area (Å²) in [6.45, 7) is 16.6. The summed E-state index contributed by atoms with van der Waals surface area (Å²) in [6, 6.07) is 6.31. The highest BCUT2D eigenvalue weighted by molar-refractivity contribution is 6.17. The summed E-state index contributed by atoms with van der Waals surface area (Å²) in [4.78, 5) is 109. The smallest absolute Gasteiger partial charge is 0.421 e. The maximum absolute atomic E-state index is 15.5. The van der Waals surface area contributed by atoms with Crippen LogP contribution < -0.4 is 28.9 Å². The number of hydrogen-bond donors (Lipinski definition) is 1. The van der Waals surface area contributed by atoms with Crippen LogP contribution in [0, 0.1) is 53.0 Å². The normalized spacial score (nSPS) is 17.5. The van der Waals surface area contributed by atoms with Crippen LogP contribution in [0.5, 0.6) is 34.9 Å². The van der Waals surface area contributed by atoms with E-state index in [1.165, 1.54) is 51.9 Å². The quantitative estimate of drug-likeness (QED) is 0.0354. The first kappa shape index (κ1) is 92.8. The van der Waals surface area contributed by atoms with E-state index in [1.807, 2.05) is 0 Å². The van der Waals surface area contributed by atoms with Gasteiger partial charge in [0.2, 0.25) is 35.4 Å². The molecule has 3 aliphatic carbocycles. The van der Waals surface area contributed by atoms with E-state index in [2.05, 4.69) is 55.7 Å². The van der Waals surface area contributed by atoms with Gasteiger partial charge >= 0.3 is 36.4 Å². The largest absolute Gasteiger partial charge is 0.478 e. The molecule has 0 saturated heterocycles. The van der Waals surface area contributed by atoms with Gasteiger partial charge in [0.25, 0.3) is 0 Å². The maximum Gasteiger partial charge on any atom is 0.421 e. The molecule has 3 saturated carbocycles. The molecule has 0 unspecified atom stereocenters. The Hall–Kier alpha value is -11.1. The van der Waals surface area contributed by atoms with E-state index in [4.69, 9.17) is 35.3 Å². The molecule has 11 rings (SSSR count). The van der Waals surface area contributed by atoms with Gasteiger partial charge in [0.15, 0.2) is 34.7 Å². The van der Waals surface area contributed by atoms with Crippen LogP contribution in [-0.4, -0.2) is 108 Å². The van der Waals surface area contributed by atoms with Gasteiger partial charge in [0, 0.05) is 147 Å². The van der Waals surface area contributed by atoms with Crippen molar-refractivity contribution in [2.24, 2.45) is 35.5 Å². The predicted octanol–water partition coefficient (Wildman–Crippen LogP) is 20.6. The number of halogens is 13. The van der Waals surface area contributed by atoms with E-state index in [9.17, 15) is 73.4 Å². The zero-order valence-electron chi connectivity index (χ0n) is 67.5. The molecule has 0 bridgehead atoms. The minimum absolute atomic E-state index is 0.00932. The first-order valence-electron chi connectivity index (χ1n) is 38.8. The molecule has 8 aromatic rings. The lowest BCUT2D eigenvalue weighted by molar-refractivity contribution is -0.139. The van der Waals surface area contributed by atoms with Crippen molar-refractivity contribution in [1.82, 2.24) is 34.9 Å². The van der Waals surface area contributed by atoms with Gasteiger partial charge in [0.05, 0.1) is 59.4 Å². The number of nitrogens with zero attached hydrogens (tertiary/aromatic N) is 10. The van der Waals surface area contributed by atoms with Crippen LogP contribution in [0.15, 0.2) is 110 Å². The minimum Gasteiger partial charge on any atom is -0.478 e. The summed E-state index contributed by atoms with van der Waals surface area (Å²) in [5, 5.41) is 9.94. The van der Waals surface area contributed by atoms with Gasteiger partial charge in [-0.1, -0.05) is 20.8 Å². The molecule has 120 heavy (non-hydrogen) atoms. The number of carboxylic acid groups (broad SMARTS) is 1. The third kappa shape index (κ3) is 23.5. The summed E-state index contributed by atoms with van der Waals surface area (Å²) >= 11 is 5.63. The second-order valence-electron chi connectivity index (χ2n) is 30.7. The van der Waals surface area contributed by atoms with Crippen LogP contribution in [0.2, 0.25) is 0 Å². The molecule has 0 aliphatic heterocycles. The molecule has 3 fully saturated rings. The van der Waals surface area contributed by atoms with Gasteiger partial charge in [-0.25, -0.2) is 42.5 Å². The number of carbonyl (C=O) groups excluding carboxylic acids is 5. The summed E-state index contributed by atoms with van der Waals surface area (Å²) < 4.78 is 196. The second-order valence-corrected chi connectivity index (χ2v) is 31.0. The van der Waals surface area contributed by atoms with Crippen LogP contribution in [0.4, 0.5) is 69.7 Å². The number of ether oxygens (including phenoxy) is 5. The number of amides is 3. The Balaban J connectivity index is 0.000000205. The van der Waals surface area contributed by atoms with E-state index in [1.54, 1.807) is 41.5 Å². The van der Waals surface area contributed by atoms with E-state index < -0.39 is 129 Å². The van der Waals surface area contributed by atoms with Crippen molar-refractivity contribution in [3.63, 3.8) is 0 Å². The van der Waals surface area contributed by atoms with Crippen LogP contribution in [0.1, 0.15) is 215 Å². The zero-order valence-corrected chi connectivity index (χ0v) is 68.3. The molecule has 0 spiro atoms. The Kier molecular flexibility index (Phi) is 31.2. The average molecular weight is 1710 g/mol. The standard InChI is InChI=1S/C30H32F4N4O4.C29H30F4N4O4.C26H29ClF4N2O4/c1-17(2)38(28(39)20-7-5-18(3)6-8-20)25-14-24(31)26(13-22(25)29(40)41-4)42-27-23(30(32,33)34)12-19(15-37-27)11-21-16-35-9-10-36-21;1-16(2)37(27(38)19-6-4-17(3)5-7-19)24-13-23(30)25(12-21(24)28(39)40)41-26-22(29(31,32)33)11-18(14-36-26)10-20-15-34-8-9-35-20;1-14(2)33(24(34)17-7-5-15(3)6-8-17)21-11-20(28)22(10-18(21)25(35)36-4)37-23-19(26(29,30)31)9-16(12-27)13-32-23/h9-10,12-18,20H,5-8,11H2,1-4H3;8-9,11-17,19H,4-7,10H2,1-3H3,(H,39,40);9-11,13-15,17H,5-8,12H2,1-4H3. The number of carbonyl (C=O) groups is 6. The van der Waals surface area contributed by atoms with E-state index in [0.29, 0.717) is 67.7 Å². The summed E-state index contributed by atoms with van der Waals surface area (Å²) in [5.41, 5.74) is -3.70. The van der Waals surface area contributed by atoms with Crippen molar-refractivity contribution >= 4 is 64.3 Å². The van der Waals surface area contributed by atoms with Crippen molar-refractivity contribution in [3.05, 3.63) is 189 Å². The monoisotopic (exact) mass is 1710 g/mol.